The van der Waals surface area contributed by atoms with E-state index in [0.717, 1.165) is 30.4 Å². The van der Waals surface area contributed by atoms with Crippen LogP contribution in [0.3, 0.4) is 0 Å². The fourth-order valence-electron chi connectivity index (χ4n) is 3.08. The minimum absolute atomic E-state index is 0.0640. The molecule has 2 aromatic heterocycles. The SMILES string of the molecule is C[C@H](Sc1nnnn1C[C@H]1CCCO1)C(=O)c1c[nH]c2ccccc12. The summed E-state index contributed by atoms with van der Waals surface area (Å²) in [5.41, 5.74) is 1.67. The zero-order chi connectivity index (χ0) is 17.2. The third-order valence-electron chi connectivity index (χ3n) is 4.41. The van der Waals surface area contributed by atoms with Crippen LogP contribution in [0.5, 0.6) is 0 Å². The quantitative estimate of drug-likeness (QED) is 0.539. The number of H-pyrrole nitrogens is 1. The monoisotopic (exact) mass is 357 g/mol. The molecule has 25 heavy (non-hydrogen) atoms. The fraction of sp³-hybridized carbons (Fsp3) is 0.412. The molecule has 130 valence electrons. The second kappa shape index (κ2) is 6.97. The lowest BCUT2D eigenvalue weighted by Crippen LogP contribution is -2.19. The van der Waals surface area contributed by atoms with E-state index in [-0.39, 0.29) is 17.1 Å². The molecule has 1 aliphatic rings. The number of nitrogens with one attached hydrogen (secondary N) is 1. The summed E-state index contributed by atoms with van der Waals surface area (Å²) in [7, 11) is 0. The maximum Gasteiger partial charge on any atom is 0.210 e. The number of ketones is 1. The number of nitrogens with zero attached hydrogens (tertiary/aromatic N) is 4. The van der Waals surface area contributed by atoms with E-state index < -0.39 is 0 Å². The second-order valence-electron chi connectivity index (χ2n) is 6.15. The molecule has 3 aromatic rings. The van der Waals surface area contributed by atoms with Gasteiger partial charge in [0, 0.05) is 29.3 Å². The van der Waals surface area contributed by atoms with Crippen molar-refractivity contribution in [3.8, 4) is 0 Å². The van der Waals surface area contributed by atoms with Crippen molar-refractivity contribution in [3.63, 3.8) is 0 Å². The van der Waals surface area contributed by atoms with E-state index in [1.807, 2.05) is 31.2 Å². The predicted molar refractivity (Wildman–Crippen MR) is 94.7 cm³/mol. The number of carbonyl (C=O) groups excluding carboxylic acids is 1. The summed E-state index contributed by atoms with van der Waals surface area (Å²) in [4.78, 5) is 16.0. The van der Waals surface area contributed by atoms with Crippen molar-refractivity contribution < 1.29 is 9.53 Å². The maximum atomic E-state index is 12.9. The molecule has 2 atom stereocenters. The Morgan fingerprint density at radius 1 is 1.48 bits per heavy atom. The highest BCUT2D eigenvalue weighted by Gasteiger charge is 2.24. The van der Waals surface area contributed by atoms with Crippen molar-refractivity contribution in [2.45, 2.75) is 42.8 Å². The van der Waals surface area contributed by atoms with Gasteiger partial charge in [-0.3, -0.25) is 4.79 Å². The van der Waals surface area contributed by atoms with Gasteiger partial charge in [0.05, 0.1) is 17.9 Å². The Labute approximate surface area is 149 Å². The number of hydrogen-bond acceptors (Lipinski definition) is 6. The number of fused-ring (bicyclic) bond motifs is 1. The van der Waals surface area contributed by atoms with Crippen LogP contribution in [-0.2, 0) is 11.3 Å². The molecule has 7 nitrogen and oxygen atoms in total. The first kappa shape index (κ1) is 16.3. The third kappa shape index (κ3) is 3.32. The molecule has 0 spiro atoms. The summed E-state index contributed by atoms with van der Waals surface area (Å²) in [6.45, 7) is 3.31. The van der Waals surface area contributed by atoms with Gasteiger partial charge in [-0.1, -0.05) is 30.0 Å². The predicted octanol–water partition coefficient (Wildman–Crippen LogP) is 2.70. The van der Waals surface area contributed by atoms with Gasteiger partial charge in [0.25, 0.3) is 0 Å². The molecule has 4 rings (SSSR count). The van der Waals surface area contributed by atoms with Gasteiger partial charge in [0.1, 0.15) is 0 Å². The molecule has 0 radical (unpaired) electrons. The van der Waals surface area contributed by atoms with Crippen molar-refractivity contribution in [1.82, 2.24) is 25.2 Å². The molecular formula is C17H19N5O2S. The van der Waals surface area contributed by atoms with Gasteiger partial charge < -0.3 is 9.72 Å². The Kier molecular flexibility index (Phi) is 4.54. The van der Waals surface area contributed by atoms with Gasteiger partial charge in [0.2, 0.25) is 5.16 Å². The molecule has 0 saturated carbocycles. The molecule has 3 heterocycles. The molecule has 8 heteroatoms. The first-order chi connectivity index (χ1) is 12.2. The van der Waals surface area contributed by atoms with Gasteiger partial charge in [-0.05, 0) is 36.3 Å². The Bertz CT molecular complexity index is 884. The van der Waals surface area contributed by atoms with E-state index in [0.29, 0.717) is 17.3 Å². The number of tetrazole rings is 1. The molecule has 1 fully saturated rings. The average molecular weight is 357 g/mol. The molecule has 1 N–H and O–H groups in total. The lowest BCUT2D eigenvalue weighted by Gasteiger charge is -2.12. The van der Waals surface area contributed by atoms with Crippen molar-refractivity contribution in [2.24, 2.45) is 0 Å². The van der Waals surface area contributed by atoms with Crippen molar-refractivity contribution in [2.75, 3.05) is 6.61 Å². The van der Waals surface area contributed by atoms with Gasteiger partial charge in [-0.25, -0.2) is 4.68 Å². The molecule has 0 amide bonds. The van der Waals surface area contributed by atoms with Gasteiger partial charge in [-0.15, -0.1) is 5.10 Å². The molecule has 0 aliphatic carbocycles. The van der Waals surface area contributed by atoms with Crippen LogP contribution in [0.15, 0.2) is 35.6 Å². The van der Waals surface area contributed by atoms with E-state index >= 15 is 0 Å². The van der Waals surface area contributed by atoms with Gasteiger partial charge >= 0.3 is 0 Å². The minimum Gasteiger partial charge on any atom is -0.376 e. The summed E-state index contributed by atoms with van der Waals surface area (Å²) in [6.07, 6.45) is 4.03. The third-order valence-corrected chi connectivity index (χ3v) is 5.48. The Hall–Kier alpha value is -2.19. The largest absolute Gasteiger partial charge is 0.376 e. The van der Waals surface area contributed by atoms with Crippen LogP contribution in [0.4, 0.5) is 0 Å². The molecule has 0 bridgehead atoms. The standard InChI is InChI=1S/C17H19N5O2S/c1-11(16(23)14-9-18-15-7-3-2-6-13(14)15)25-17-19-20-21-22(17)10-12-5-4-8-24-12/h2-3,6-7,9,11-12,18H,4-5,8,10H2,1H3/t11-,12+/m0/s1. The van der Waals surface area contributed by atoms with Crippen LogP contribution in [-0.4, -0.2) is 48.9 Å². The highest BCUT2D eigenvalue weighted by molar-refractivity contribution is 8.00. The summed E-state index contributed by atoms with van der Waals surface area (Å²) in [5, 5.41) is 13.2. The van der Waals surface area contributed by atoms with Gasteiger partial charge in [0.15, 0.2) is 5.78 Å². The first-order valence-corrected chi connectivity index (χ1v) is 9.25. The number of thioether (sulfide) groups is 1. The Morgan fingerprint density at radius 3 is 3.20 bits per heavy atom. The number of carbonyl (C=O) groups is 1. The summed E-state index contributed by atoms with van der Waals surface area (Å²) in [6, 6.07) is 7.81. The van der Waals surface area contributed by atoms with E-state index in [4.69, 9.17) is 4.74 Å². The Morgan fingerprint density at radius 2 is 2.36 bits per heavy atom. The second-order valence-corrected chi connectivity index (χ2v) is 7.46. The van der Waals surface area contributed by atoms with Crippen LogP contribution in [0.2, 0.25) is 0 Å². The van der Waals surface area contributed by atoms with Crippen molar-refractivity contribution >= 4 is 28.4 Å². The zero-order valence-corrected chi connectivity index (χ0v) is 14.7. The number of aromatic amines is 1. The lowest BCUT2D eigenvalue weighted by molar-refractivity contribution is 0.0911. The number of Topliss-reactive ketones (excluding diaryl/α,β-unsaturated/α-hetero) is 1. The first-order valence-electron chi connectivity index (χ1n) is 8.37. The van der Waals surface area contributed by atoms with Crippen molar-refractivity contribution in [1.29, 1.82) is 0 Å². The Balaban J connectivity index is 1.49. The number of ether oxygens (including phenoxy) is 1. The zero-order valence-electron chi connectivity index (χ0n) is 13.9. The van der Waals surface area contributed by atoms with Crippen molar-refractivity contribution in [3.05, 3.63) is 36.0 Å². The van der Waals surface area contributed by atoms with E-state index in [1.165, 1.54) is 11.8 Å². The van der Waals surface area contributed by atoms with Crippen LogP contribution in [0, 0.1) is 0 Å². The topological polar surface area (TPSA) is 85.7 Å². The molecule has 0 unspecified atom stereocenters. The average Bonchev–Trinajstić information content (AvgIpc) is 3.36. The fourth-order valence-corrected chi connectivity index (χ4v) is 3.95. The van der Waals surface area contributed by atoms with Gasteiger partial charge in [-0.2, -0.15) is 0 Å². The highest BCUT2D eigenvalue weighted by Crippen LogP contribution is 2.27. The number of aromatic nitrogens is 5. The van der Waals surface area contributed by atoms with E-state index in [2.05, 4.69) is 20.5 Å². The number of benzene rings is 1. The summed E-state index contributed by atoms with van der Waals surface area (Å²) < 4.78 is 7.38. The van der Waals surface area contributed by atoms with E-state index in [9.17, 15) is 4.79 Å². The highest BCUT2D eigenvalue weighted by atomic mass is 32.2. The molecule has 1 aromatic carbocycles. The molecule has 1 aliphatic heterocycles. The van der Waals surface area contributed by atoms with Crippen LogP contribution in [0.1, 0.15) is 30.1 Å². The van der Waals surface area contributed by atoms with E-state index in [1.54, 1.807) is 10.9 Å². The molecular weight excluding hydrogens is 338 g/mol. The maximum absolute atomic E-state index is 12.9. The van der Waals surface area contributed by atoms with Crippen LogP contribution < -0.4 is 0 Å². The summed E-state index contributed by atoms with van der Waals surface area (Å²) in [5.74, 6) is 0.0640. The lowest BCUT2D eigenvalue weighted by atomic mass is 10.1. The molecule has 1 saturated heterocycles. The minimum atomic E-state index is -0.284. The number of rotatable bonds is 6. The smallest absolute Gasteiger partial charge is 0.210 e. The normalized spacial score (nSPS) is 18.7. The van der Waals surface area contributed by atoms with Crippen LogP contribution >= 0.6 is 11.8 Å². The van der Waals surface area contributed by atoms with Crippen LogP contribution in [0.25, 0.3) is 10.9 Å². The number of hydrogen-bond donors (Lipinski definition) is 1. The summed E-state index contributed by atoms with van der Waals surface area (Å²) >= 11 is 1.38. The number of para-hydroxylation sites is 1.